The molecule has 148 valence electrons. The maximum Gasteiger partial charge on any atom is 0.410 e. The van der Waals surface area contributed by atoms with Crippen molar-refractivity contribution >= 4 is 47.8 Å². The molecule has 0 aromatic carbocycles. The standard InChI is InChI=1S/C17H34N4O2S.HI/c1-17(2,3)23-16(22)21-11-6-7-14(13-21)8-9-19-15(18-4)20-10-12-24-5;/h14H,6-13H2,1-5H3,(H2,18,19,20);1H. The molecule has 0 aromatic rings. The number of hydrogen-bond acceptors (Lipinski definition) is 4. The fraction of sp³-hybridized carbons (Fsp3) is 0.882. The van der Waals surface area contributed by atoms with Gasteiger partial charge in [-0.1, -0.05) is 0 Å². The van der Waals surface area contributed by atoms with Crippen LogP contribution in [0.15, 0.2) is 4.99 Å². The number of carbonyl (C=O) groups is 1. The number of halogens is 1. The molecule has 2 N–H and O–H groups in total. The topological polar surface area (TPSA) is 66.0 Å². The summed E-state index contributed by atoms with van der Waals surface area (Å²) in [7, 11) is 1.79. The second-order valence-electron chi connectivity index (χ2n) is 7.14. The molecule has 25 heavy (non-hydrogen) atoms. The zero-order valence-corrected chi connectivity index (χ0v) is 19.4. The van der Waals surface area contributed by atoms with Gasteiger partial charge in [0.2, 0.25) is 0 Å². The summed E-state index contributed by atoms with van der Waals surface area (Å²) in [5.74, 6) is 2.43. The quantitative estimate of drug-likeness (QED) is 0.261. The molecular formula is C17H35IN4O2S. The lowest BCUT2D eigenvalue weighted by atomic mass is 9.95. The van der Waals surface area contributed by atoms with E-state index < -0.39 is 5.60 Å². The molecule has 0 aromatic heterocycles. The Kier molecular flexibility index (Phi) is 12.7. The van der Waals surface area contributed by atoms with Gasteiger partial charge in [0, 0.05) is 39.0 Å². The number of ether oxygens (including phenoxy) is 1. The Morgan fingerprint density at radius 1 is 1.32 bits per heavy atom. The first-order chi connectivity index (χ1) is 11.4. The van der Waals surface area contributed by atoms with Gasteiger partial charge >= 0.3 is 6.09 Å². The molecule has 1 saturated heterocycles. The molecule has 8 heteroatoms. The van der Waals surface area contributed by atoms with Crippen molar-refractivity contribution in [3.05, 3.63) is 0 Å². The van der Waals surface area contributed by atoms with Crippen molar-refractivity contribution in [2.24, 2.45) is 10.9 Å². The maximum atomic E-state index is 12.2. The van der Waals surface area contributed by atoms with Gasteiger partial charge in [-0.15, -0.1) is 24.0 Å². The van der Waals surface area contributed by atoms with E-state index in [2.05, 4.69) is 21.9 Å². The van der Waals surface area contributed by atoms with Gasteiger partial charge in [-0.05, 0) is 52.2 Å². The Bertz CT molecular complexity index is 416. The van der Waals surface area contributed by atoms with Crippen molar-refractivity contribution < 1.29 is 9.53 Å². The lowest BCUT2D eigenvalue weighted by molar-refractivity contribution is 0.0162. The minimum Gasteiger partial charge on any atom is -0.444 e. The van der Waals surface area contributed by atoms with E-state index >= 15 is 0 Å². The van der Waals surface area contributed by atoms with Gasteiger partial charge in [0.05, 0.1) is 0 Å². The van der Waals surface area contributed by atoms with E-state index in [0.717, 1.165) is 50.7 Å². The molecule has 1 heterocycles. The molecule has 0 aliphatic carbocycles. The number of nitrogens with one attached hydrogen (secondary N) is 2. The molecule has 6 nitrogen and oxygen atoms in total. The largest absolute Gasteiger partial charge is 0.444 e. The van der Waals surface area contributed by atoms with E-state index in [1.807, 2.05) is 37.4 Å². The van der Waals surface area contributed by atoms with Gasteiger partial charge < -0.3 is 20.3 Å². The Morgan fingerprint density at radius 2 is 2.00 bits per heavy atom. The number of amides is 1. The molecule has 1 amide bonds. The number of thioether (sulfide) groups is 1. The first kappa shape index (κ1) is 24.6. The molecule has 1 fully saturated rings. The van der Waals surface area contributed by atoms with Crippen LogP contribution in [0, 0.1) is 5.92 Å². The Morgan fingerprint density at radius 3 is 2.60 bits per heavy atom. The zero-order chi connectivity index (χ0) is 18.0. The molecule has 1 unspecified atom stereocenters. The third-order valence-electron chi connectivity index (χ3n) is 3.84. The highest BCUT2D eigenvalue weighted by atomic mass is 127. The van der Waals surface area contributed by atoms with Crippen LogP contribution in [-0.4, -0.2) is 67.8 Å². The van der Waals surface area contributed by atoms with Crippen LogP contribution >= 0.6 is 35.7 Å². The third-order valence-corrected chi connectivity index (χ3v) is 4.45. The first-order valence-electron chi connectivity index (χ1n) is 8.77. The Balaban J connectivity index is 0.00000576. The van der Waals surface area contributed by atoms with Gasteiger partial charge in [0.15, 0.2) is 5.96 Å². The lowest BCUT2D eigenvalue weighted by Gasteiger charge is -2.34. The summed E-state index contributed by atoms with van der Waals surface area (Å²) in [5, 5.41) is 6.65. The third kappa shape index (κ3) is 11.0. The van der Waals surface area contributed by atoms with E-state index in [9.17, 15) is 4.79 Å². The average molecular weight is 486 g/mol. The molecule has 0 bridgehead atoms. The Labute approximate surface area is 174 Å². The second-order valence-corrected chi connectivity index (χ2v) is 8.13. The fourth-order valence-electron chi connectivity index (χ4n) is 2.68. The number of nitrogens with zero attached hydrogens (tertiary/aromatic N) is 2. The van der Waals surface area contributed by atoms with Crippen LogP contribution in [0.1, 0.15) is 40.0 Å². The highest BCUT2D eigenvalue weighted by Crippen LogP contribution is 2.21. The molecule has 1 rings (SSSR count). The monoisotopic (exact) mass is 486 g/mol. The van der Waals surface area contributed by atoms with Crippen LogP contribution < -0.4 is 10.6 Å². The normalized spacial score (nSPS) is 18.4. The predicted octanol–water partition coefficient (Wildman–Crippen LogP) is 3.17. The smallest absolute Gasteiger partial charge is 0.410 e. The summed E-state index contributed by atoms with van der Waals surface area (Å²) >= 11 is 1.81. The van der Waals surface area contributed by atoms with Crippen molar-refractivity contribution in [1.29, 1.82) is 0 Å². The van der Waals surface area contributed by atoms with Crippen LogP contribution in [-0.2, 0) is 4.74 Å². The summed E-state index contributed by atoms with van der Waals surface area (Å²) in [6.07, 6.45) is 5.15. The van der Waals surface area contributed by atoms with Crippen LogP contribution in [0.3, 0.4) is 0 Å². The van der Waals surface area contributed by atoms with E-state index in [4.69, 9.17) is 4.74 Å². The summed E-state index contributed by atoms with van der Waals surface area (Å²) in [6.45, 7) is 9.10. The number of rotatable bonds is 6. The summed E-state index contributed by atoms with van der Waals surface area (Å²) in [4.78, 5) is 18.3. The average Bonchev–Trinajstić information content (AvgIpc) is 2.52. The van der Waals surface area contributed by atoms with E-state index in [-0.39, 0.29) is 30.1 Å². The van der Waals surface area contributed by atoms with E-state index in [1.165, 1.54) is 6.42 Å². The summed E-state index contributed by atoms with van der Waals surface area (Å²) < 4.78 is 5.48. The van der Waals surface area contributed by atoms with Gasteiger partial charge in [0.1, 0.15) is 5.60 Å². The van der Waals surface area contributed by atoms with Crippen LogP contribution in [0.5, 0.6) is 0 Å². The molecule has 0 saturated carbocycles. The number of guanidine groups is 1. The van der Waals surface area contributed by atoms with Crippen molar-refractivity contribution in [3.63, 3.8) is 0 Å². The number of aliphatic imine (C=N–C) groups is 1. The number of likely N-dealkylation sites (tertiary alicyclic amines) is 1. The summed E-state index contributed by atoms with van der Waals surface area (Å²) in [5.41, 5.74) is -0.430. The number of carbonyl (C=O) groups excluding carboxylic acids is 1. The SMILES string of the molecule is CN=C(NCCSC)NCCC1CCCN(C(=O)OC(C)(C)C)C1.I. The van der Waals surface area contributed by atoms with Crippen molar-refractivity contribution in [2.45, 2.75) is 45.6 Å². The molecular weight excluding hydrogens is 451 g/mol. The lowest BCUT2D eigenvalue weighted by Crippen LogP contribution is -2.44. The number of hydrogen-bond donors (Lipinski definition) is 2. The van der Waals surface area contributed by atoms with Crippen molar-refractivity contribution in [2.75, 3.05) is 45.2 Å². The Hall–Kier alpha value is -0.380. The maximum absolute atomic E-state index is 12.2. The highest BCUT2D eigenvalue weighted by molar-refractivity contribution is 14.0. The summed E-state index contributed by atoms with van der Waals surface area (Å²) in [6, 6.07) is 0. The molecule has 1 atom stereocenters. The van der Waals surface area contributed by atoms with Crippen LogP contribution in [0.25, 0.3) is 0 Å². The van der Waals surface area contributed by atoms with Crippen molar-refractivity contribution in [1.82, 2.24) is 15.5 Å². The number of piperidine rings is 1. The van der Waals surface area contributed by atoms with Gasteiger partial charge in [0.25, 0.3) is 0 Å². The minimum atomic E-state index is -0.430. The predicted molar refractivity (Wildman–Crippen MR) is 118 cm³/mol. The van der Waals surface area contributed by atoms with Crippen LogP contribution in [0.4, 0.5) is 4.79 Å². The zero-order valence-electron chi connectivity index (χ0n) is 16.3. The first-order valence-corrected chi connectivity index (χ1v) is 10.2. The second kappa shape index (κ2) is 12.9. The van der Waals surface area contributed by atoms with Gasteiger partial charge in [-0.25, -0.2) is 4.79 Å². The van der Waals surface area contributed by atoms with Gasteiger partial charge in [-0.2, -0.15) is 11.8 Å². The minimum absolute atomic E-state index is 0. The fourth-order valence-corrected chi connectivity index (χ4v) is 2.99. The molecule has 1 aliphatic heterocycles. The molecule has 0 spiro atoms. The van der Waals surface area contributed by atoms with Crippen molar-refractivity contribution in [3.8, 4) is 0 Å². The van der Waals surface area contributed by atoms with E-state index in [1.54, 1.807) is 7.05 Å². The van der Waals surface area contributed by atoms with Crippen LogP contribution in [0.2, 0.25) is 0 Å². The van der Waals surface area contributed by atoms with E-state index in [0.29, 0.717) is 5.92 Å². The van der Waals surface area contributed by atoms with Gasteiger partial charge in [-0.3, -0.25) is 4.99 Å². The molecule has 1 aliphatic rings. The molecule has 0 radical (unpaired) electrons. The highest BCUT2D eigenvalue weighted by Gasteiger charge is 2.27.